The SMILES string of the molecule is Cc1cc(Cl)ccc1S(=O)(=O)NC(CN)C(C)(C)C. The molecule has 1 atom stereocenters. The second kappa shape index (κ2) is 5.79. The number of aryl methyl sites for hydroxylation is 1. The summed E-state index contributed by atoms with van der Waals surface area (Å²) in [5.41, 5.74) is 6.03. The number of sulfonamides is 1. The molecule has 0 radical (unpaired) electrons. The summed E-state index contributed by atoms with van der Waals surface area (Å²) in [6, 6.07) is 4.38. The molecule has 0 saturated carbocycles. The van der Waals surface area contributed by atoms with Crippen LogP contribution < -0.4 is 10.5 Å². The molecule has 1 rings (SSSR count). The summed E-state index contributed by atoms with van der Waals surface area (Å²) < 4.78 is 27.4. The van der Waals surface area contributed by atoms with Gasteiger partial charge in [-0.25, -0.2) is 13.1 Å². The number of halogens is 1. The number of benzene rings is 1. The number of nitrogens with two attached hydrogens (primary N) is 1. The van der Waals surface area contributed by atoms with Gasteiger partial charge in [0.25, 0.3) is 0 Å². The molecule has 0 spiro atoms. The van der Waals surface area contributed by atoms with Gasteiger partial charge < -0.3 is 5.73 Å². The van der Waals surface area contributed by atoms with Crippen molar-refractivity contribution in [2.75, 3.05) is 6.54 Å². The molecular formula is C13H21ClN2O2S. The van der Waals surface area contributed by atoms with Gasteiger partial charge in [0.05, 0.1) is 4.90 Å². The van der Waals surface area contributed by atoms with Crippen molar-refractivity contribution < 1.29 is 8.42 Å². The van der Waals surface area contributed by atoms with E-state index in [9.17, 15) is 8.42 Å². The van der Waals surface area contributed by atoms with Crippen LogP contribution in [-0.2, 0) is 10.0 Å². The summed E-state index contributed by atoms with van der Waals surface area (Å²) in [4.78, 5) is 0.236. The van der Waals surface area contributed by atoms with Gasteiger partial charge in [-0.05, 0) is 36.1 Å². The van der Waals surface area contributed by atoms with Crippen LogP contribution >= 0.6 is 11.6 Å². The van der Waals surface area contributed by atoms with E-state index < -0.39 is 10.0 Å². The molecule has 0 aromatic heterocycles. The molecule has 0 fully saturated rings. The van der Waals surface area contributed by atoms with Gasteiger partial charge in [-0.3, -0.25) is 0 Å². The van der Waals surface area contributed by atoms with Crippen molar-refractivity contribution in [2.24, 2.45) is 11.1 Å². The summed E-state index contributed by atoms with van der Waals surface area (Å²) in [5.74, 6) is 0. The minimum atomic E-state index is -3.59. The molecule has 1 aromatic rings. The molecule has 0 heterocycles. The largest absolute Gasteiger partial charge is 0.329 e. The summed E-state index contributed by atoms with van der Waals surface area (Å²) in [7, 11) is -3.59. The van der Waals surface area contributed by atoms with E-state index in [-0.39, 0.29) is 22.9 Å². The molecule has 0 aliphatic heterocycles. The van der Waals surface area contributed by atoms with Crippen molar-refractivity contribution in [3.63, 3.8) is 0 Å². The first kappa shape index (κ1) is 16.4. The normalized spacial score (nSPS) is 14.4. The highest BCUT2D eigenvalue weighted by atomic mass is 35.5. The van der Waals surface area contributed by atoms with E-state index in [1.54, 1.807) is 19.1 Å². The standard InChI is InChI=1S/C13H21ClN2O2S/c1-9-7-10(14)5-6-11(9)19(17,18)16-12(8-15)13(2,3)4/h5-7,12,16H,8,15H2,1-4H3. The van der Waals surface area contributed by atoms with Crippen molar-refractivity contribution in [1.29, 1.82) is 0 Å². The van der Waals surface area contributed by atoms with E-state index in [1.165, 1.54) is 6.07 Å². The molecule has 0 bridgehead atoms. The van der Waals surface area contributed by atoms with Crippen LogP contribution in [0.15, 0.2) is 23.1 Å². The summed E-state index contributed by atoms with van der Waals surface area (Å²) >= 11 is 5.84. The molecule has 108 valence electrons. The van der Waals surface area contributed by atoms with Crippen molar-refractivity contribution in [3.05, 3.63) is 28.8 Å². The number of nitrogens with one attached hydrogen (secondary N) is 1. The molecule has 0 aliphatic carbocycles. The first-order valence-electron chi connectivity index (χ1n) is 6.06. The summed E-state index contributed by atoms with van der Waals surface area (Å²) in [6.07, 6.45) is 0. The Morgan fingerprint density at radius 2 is 1.95 bits per heavy atom. The summed E-state index contributed by atoms with van der Waals surface area (Å²) in [5, 5.41) is 0.516. The van der Waals surface area contributed by atoms with Crippen LogP contribution in [0, 0.1) is 12.3 Å². The summed E-state index contributed by atoms with van der Waals surface area (Å²) in [6.45, 7) is 7.80. The highest BCUT2D eigenvalue weighted by molar-refractivity contribution is 7.89. The Bertz CT molecular complexity index is 550. The van der Waals surface area contributed by atoms with Crippen LogP contribution in [-0.4, -0.2) is 21.0 Å². The molecule has 1 unspecified atom stereocenters. The van der Waals surface area contributed by atoms with Gasteiger partial charge in [0, 0.05) is 17.6 Å². The van der Waals surface area contributed by atoms with Gasteiger partial charge >= 0.3 is 0 Å². The molecule has 1 aromatic carbocycles. The van der Waals surface area contributed by atoms with Crippen molar-refractivity contribution >= 4 is 21.6 Å². The third kappa shape index (κ3) is 4.18. The maximum Gasteiger partial charge on any atom is 0.241 e. The maximum atomic E-state index is 12.4. The Labute approximate surface area is 120 Å². The molecule has 19 heavy (non-hydrogen) atoms. The Morgan fingerprint density at radius 1 is 1.37 bits per heavy atom. The predicted octanol–water partition coefficient (Wildman–Crippen LogP) is 2.30. The van der Waals surface area contributed by atoms with E-state index in [2.05, 4.69) is 4.72 Å². The fourth-order valence-electron chi connectivity index (χ4n) is 1.74. The average molecular weight is 305 g/mol. The van der Waals surface area contributed by atoms with Crippen molar-refractivity contribution in [1.82, 2.24) is 4.72 Å². The van der Waals surface area contributed by atoms with Gasteiger partial charge in [0.2, 0.25) is 10.0 Å². The van der Waals surface area contributed by atoms with E-state index in [4.69, 9.17) is 17.3 Å². The topological polar surface area (TPSA) is 72.2 Å². The maximum absolute atomic E-state index is 12.4. The van der Waals surface area contributed by atoms with E-state index >= 15 is 0 Å². The molecule has 0 saturated heterocycles. The Morgan fingerprint density at radius 3 is 2.37 bits per heavy atom. The Hall–Kier alpha value is -0.620. The predicted molar refractivity (Wildman–Crippen MR) is 78.8 cm³/mol. The van der Waals surface area contributed by atoms with E-state index in [1.807, 2.05) is 20.8 Å². The minimum absolute atomic E-state index is 0.236. The van der Waals surface area contributed by atoms with Gasteiger partial charge in [-0.15, -0.1) is 0 Å². The molecular weight excluding hydrogens is 284 g/mol. The lowest BCUT2D eigenvalue weighted by Gasteiger charge is -2.30. The van der Waals surface area contributed by atoms with Gasteiger partial charge in [-0.1, -0.05) is 32.4 Å². The Balaban J connectivity index is 3.11. The monoisotopic (exact) mass is 304 g/mol. The van der Waals surface area contributed by atoms with Crippen LogP contribution in [0.1, 0.15) is 26.3 Å². The Kier molecular flexibility index (Phi) is 5.01. The fraction of sp³-hybridized carbons (Fsp3) is 0.538. The van der Waals surface area contributed by atoms with Crippen molar-refractivity contribution in [2.45, 2.75) is 38.6 Å². The highest BCUT2D eigenvalue weighted by Gasteiger charge is 2.29. The fourth-order valence-corrected chi connectivity index (χ4v) is 3.65. The number of hydrogen-bond donors (Lipinski definition) is 2. The van der Waals surface area contributed by atoms with Crippen LogP contribution in [0.5, 0.6) is 0 Å². The van der Waals surface area contributed by atoms with Gasteiger partial charge in [-0.2, -0.15) is 0 Å². The first-order valence-corrected chi connectivity index (χ1v) is 7.92. The molecule has 3 N–H and O–H groups in total. The van der Waals surface area contributed by atoms with Crippen LogP contribution in [0.4, 0.5) is 0 Å². The van der Waals surface area contributed by atoms with E-state index in [0.29, 0.717) is 10.6 Å². The zero-order valence-corrected chi connectivity index (χ0v) is 13.3. The van der Waals surface area contributed by atoms with E-state index in [0.717, 1.165) is 0 Å². The van der Waals surface area contributed by atoms with Gasteiger partial charge in [0.15, 0.2) is 0 Å². The third-order valence-electron chi connectivity index (χ3n) is 3.00. The third-order valence-corrected chi connectivity index (χ3v) is 4.87. The molecule has 0 amide bonds. The lowest BCUT2D eigenvalue weighted by atomic mass is 9.88. The average Bonchev–Trinajstić information content (AvgIpc) is 2.23. The lowest BCUT2D eigenvalue weighted by Crippen LogP contribution is -2.48. The number of hydrogen-bond acceptors (Lipinski definition) is 3. The first-order chi connectivity index (χ1) is 8.58. The lowest BCUT2D eigenvalue weighted by molar-refractivity contribution is 0.304. The second-order valence-corrected chi connectivity index (χ2v) is 7.80. The molecule has 0 aliphatic rings. The smallest absolute Gasteiger partial charge is 0.241 e. The zero-order chi connectivity index (χ0) is 14.8. The van der Waals surface area contributed by atoms with Crippen LogP contribution in [0.3, 0.4) is 0 Å². The molecule has 4 nitrogen and oxygen atoms in total. The minimum Gasteiger partial charge on any atom is -0.329 e. The van der Waals surface area contributed by atoms with Crippen molar-refractivity contribution in [3.8, 4) is 0 Å². The molecule has 6 heteroatoms. The van der Waals surface area contributed by atoms with Gasteiger partial charge in [0.1, 0.15) is 0 Å². The zero-order valence-electron chi connectivity index (χ0n) is 11.7. The number of rotatable bonds is 4. The highest BCUT2D eigenvalue weighted by Crippen LogP contribution is 2.23. The second-order valence-electron chi connectivity index (χ2n) is 5.69. The van der Waals surface area contributed by atoms with Crippen LogP contribution in [0.25, 0.3) is 0 Å². The van der Waals surface area contributed by atoms with Crippen LogP contribution in [0.2, 0.25) is 5.02 Å². The quantitative estimate of drug-likeness (QED) is 0.896.